The van der Waals surface area contributed by atoms with Crippen molar-refractivity contribution in [2.75, 3.05) is 24.8 Å². The Labute approximate surface area is 127 Å². The predicted octanol–water partition coefficient (Wildman–Crippen LogP) is 3.02. The number of fused-ring (bicyclic) bond motifs is 1. The van der Waals surface area contributed by atoms with Crippen molar-refractivity contribution < 1.29 is 9.47 Å². The van der Waals surface area contributed by atoms with Crippen molar-refractivity contribution in [1.29, 1.82) is 0 Å². The molecule has 116 valence electrons. The van der Waals surface area contributed by atoms with Gasteiger partial charge < -0.3 is 19.7 Å². The number of benzene rings is 1. The van der Waals surface area contributed by atoms with Crippen LogP contribution in [0.15, 0.2) is 18.2 Å². The number of rotatable bonds is 4. The van der Waals surface area contributed by atoms with Gasteiger partial charge in [-0.05, 0) is 30.9 Å². The summed E-state index contributed by atoms with van der Waals surface area (Å²) in [6.45, 7) is 9.30. The number of nitrogens with zero attached hydrogens (tertiary/aromatic N) is 1. The van der Waals surface area contributed by atoms with Gasteiger partial charge in [-0.3, -0.25) is 0 Å². The zero-order valence-electron chi connectivity index (χ0n) is 13.3. The SMILES string of the molecule is CCC1CNC(CC(C)C)CN1c1ccc2c(c1)OCO2. The minimum atomic E-state index is 0.341. The molecule has 0 bridgehead atoms. The average molecular weight is 290 g/mol. The molecule has 2 aliphatic rings. The maximum atomic E-state index is 5.53. The van der Waals surface area contributed by atoms with Crippen LogP contribution < -0.4 is 19.7 Å². The fraction of sp³-hybridized carbons (Fsp3) is 0.647. The molecule has 1 fully saturated rings. The van der Waals surface area contributed by atoms with Crippen molar-refractivity contribution in [3.63, 3.8) is 0 Å². The molecule has 3 rings (SSSR count). The normalized spacial score (nSPS) is 24.7. The summed E-state index contributed by atoms with van der Waals surface area (Å²) < 4.78 is 10.9. The number of ether oxygens (including phenoxy) is 2. The number of piperazine rings is 1. The van der Waals surface area contributed by atoms with Crippen LogP contribution in [0.1, 0.15) is 33.6 Å². The van der Waals surface area contributed by atoms with E-state index in [1.807, 2.05) is 6.07 Å². The summed E-state index contributed by atoms with van der Waals surface area (Å²) in [5.41, 5.74) is 1.25. The largest absolute Gasteiger partial charge is 0.454 e. The van der Waals surface area contributed by atoms with Crippen LogP contribution in [-0.4, -0.2) is 32.0 Å². The molecule has 2 atom stereocenters. The van der Waals surface area contributed by atoms with E-state index >= 15 is 0 Å². The Morgan fingerprint density at radius 2 is 2.10 bits per heavy atom. The number of hydrogen-bond donors (Lipinski definition) is 1. The first-order valence-electron chi connectivity index (χ1n) is 8.07. The molecule has 0 saturated carbocycles. The monoisotopic (exact) mass is 290 g/mol. The highest BCUT2D eigenvalue weighted by Crippen LogP contribution is 2.36. The lowest BCUT2D eigenvalue weighted by Crippen LogP contribution is -2.56. The van der Waals surface area contributed by atoms with Crippen molar-refractivity contribution >= 4 is 5.69 Å². The van der Waals surface area contributed by atoms with Crippen LogP contribution in [0.25, 0.3) is 0 Å². The van der Waals surface area contributed by atoms with Gasteiger partial charge in [0.25, 0.3) is 0 Å². The molecule has 0 aliphatic carbocycles. The highest BCUT2D eigenvalue weighted by molar-refractivity contribution is 5.58. The topological polar surface area (TPSA) is 33.7 Å². The van der Waals surface area contributed by atoms with Gasteiger partial charge in [-0.25, -0.2) is 0 Å². The van der Waals surface area contributed by atoms with E-state index < -0.39 is 0 Å². The molecule has 1 N–H and O–H groups in total. The molecule has 0 aromatic heterocycles. The van der Waals surface area contributed by atoms with Gasteiger partial charge in [0.15, 0.2) is 11.5 Å². The molecule has 1 saturated heterocycles. The molecular formula is C17H26N2O2. The first-order valence-corrected chi connectivity index (χ1v) is 8.07. The van der Waals surface area contributed by atoms with Crippen LogP contribution in [0.4, 0.5) is 5.69 Å². The first kappa shape index (κ1) is 14.5. The van der Waals surface area contributed by atoms with Gasteiger partial charge in [0.1, 0.15) is 0 Å². The van der Waals surface area contributed by atoms with Crippen molar-refractivity contribution in [3.8, 4) is 11.5 Å². The lowest BCUT2D eigenvalue weighted by atomic mass is 9.98. The molecule has 21 heavy (non-hydrogen) atoms. The fourth-order valence-electron chi connectivity index (χ4n) is 3.34. The summed E-state index contributed by atoms with van der Waals surface area (Å²) in [7, 11) is 0. The number of anilines is 1. The Morgan fingerprint density at radius 1 is 1.29 bits per heavy atom. The smallest absolute Gasteiger partial charge is 0.231 e. The maximum absolute atomic E-state index is 5.53. The van der Waals surface area contributed by atoms with E-state index in [0.717, 1.165) is 36.9 Å². The van der Waals surface area contributed by atoms with E-state index in [2.05, 4.69) is 43.1 Å². The zero-order chi connectivity index (χ0) is 14.8. The lowest BCUT2D eigenvalue weighted by molar-refractivity contribution is 0.174. The average Bonchev–Trinajstić information content (AvgIpc) is 2.94. The number of nitrogens with one attached hydrogen (secondary N) is 1. The second-order valence-corrected chi connectivity index (χ2v) is 6.49. The van der Waals surface area contributed by atoms with Gasteiger partial charge >= 0.3 is 0 Å². The highest BCUT2D eigenvalue weighted by atomic mass is 16.7. The quantitative estimate of drug-likeness (QED) is 0.924. The van der Waals surface area contributed by atoms with Crippen LogP contribution >= 0.6 is 0 Å². The fourth-order valence-corrected chi connectivity index (χ4v) is 3.34. The molecule has 0 radical (unpaired) electrons. The highest BCUT2D eigenvalue weighted by Gasteiger charge is 2.28. The Hall–Kier alpha value is -1.42. The lowest BCUT2D eigenvalue weighted by Gasteiger charge is -2.42. The summed E-state index contributed by atoms with van der Waals surface area (Å²) in [6.07, 6.45) is 2.37. The third-order valence-corrected chi connectivity index (χ3v) is 4.41. The van der Waals surface area contributed by atoms with Crippen molar-refractivity contribution in [1.82, 2.24) is 5.32 Å². The minimum Gasteiger partial charge on any atom is -0.454 e. The minimum absolute atomic E-state index is 0.341. The Balaban J connectivity index is 1.79. The third-order valence-electron chi connectivity index (χ3n) is 4.41. The van der Waals surface area contributed by atoms with Gasteiger partial charge in [-0.1, -0.05) is 20.8 Å². The Kier molecular flexibility index (Phi) is 4.24. The second kappa shape index (κ2) is 6.14. The van der Waals surface area contributed by atoms with Crippen molar-refractivity contribution in [2.45, 2.75) is 45.7 Å². The van der Waals surface area contributed by atoms with Gasteiger partial charge in [0.05, 0.1) is 0 Å². The molecule has 2 heterocycles. The molecule has 4 heteroatoms. The van der Waals surface area contributed by atoms with Crippen molar-refractivity contribution in [2.24, 2.45) is 5.92 Å². The van der Waals surface area contributed by atoms with E-state index in [-0.39, 0.29) is 0 Å². The van der Waals surface area contributed by atoms with Crippen LogP contribution in [0.3, 0.4) is 0 Å². The molecule has 2 aliphatic heterocycles. The summed E-state index contributed by atoms with van der Waals surface area (Å²) in [6, 6.07) is 7.44. The standard InChI is InChI=1S/C17H26N2O2/c1-4-14-9-18-13(7-12(2)3)10-19(14)15-5-6-16-17(8-15)21-11-20-16/h5-6,8,12-14,18H,4,7,9-11H2,1-3H3. The van der Waals surface area contributed by atoms with E-state index in [0.29, 0.717) is 18.9 Å². The maximum Gasteiger partial charge on any atom is 0.231 e. The van der Waals surface area contributed by atoms with E-state index in [1.54, 1.807) is 0 Å². The molecular weight excluding hydrogens is 264 g/mol. The molecule has 0 amide bonds. The summed E-state index contributed by atoms with van der Waals surface area (Å²) in [5, 5.41) is 3.71. The first-order chi connectivity index (χ1) is 10.2. The van der Waals surface area contributed by atoms with Crippen molar-refractivity contribution in [3.05, 3.63) is 18.2 Å². The number of hydrogen-bond acceptors (Lipinski definition) is 4. The van der Waals surface area contributed by atoms with Gasteiger partial charge in [-0.2, -0.15) is 0 Å². The molecule has 2 unspecified atom stereocenters. The predicted molar refractivity (Wildman–Crippen MR) is 85.2 cm³/mol. The van der Waals surface area contributed by atoms with Crippen LogP contribution in [0.5, 0.6) is 11.5 Å². The zero-order valence-corrected chi connectivity index (χ0v) is 13.3. The summed E-state index contributed by atoms with van der Waals surface area (Å²) in [4.78, 5) is 2.53. The molecule has 0 spiro atoms. The Bertz CT molecular complexity index is 490. The van der Waals surface area contributed by atoms with Crippen LogP contribution in [0.2, 0.25) is 0 Å². The summed E-state index contributed by atoms with van der Waals surface area (Å²) >= 11 is 0. The van der Waals surface area contributed by atoms with E-state index in [1.165, 1.54) is 12.1 Å². The van der Waals surface area contributed by atoms with Crippen LogP contribution in [0, 0.1) is 5.92 Å². The summed E-state index contributed by atoms with van der Waals surface area (Å²) in [5.74, 6) is 2.46. The third kappa shape index (κ3) is 3.10. The molecule has 1 aromatic rings. The molecule has 4 nitrogen and oxygen atoms in total. The van der Waals surface area contributed by atoms with E-state index in [9.17, 15) is 0 Å². The van der Waals surface area contributed by atoms with Crippen LogP contribution in [-0.2, 0) is 0 Å². The molecule has 1 aromatic carbocycles. The van der Waals surface area contributed by atoms with Gasteiger partial charge in [0.2, 0.25) is 6.79 Å². The second-order valence-electron chi connectivity index (χ2n) is 6.49. The Morgan fingerprint density at radius 3 is 2.86 bits per heavy atom. The van der Waals surface area contributed by atoms with Gasteiger partial charge in [-0.15, -0.1) is 0 Å². The van der Waals surface area contributed by atoms with E-state index in [4.69, 9.17) is 9.47 Å². The van der Waals surface area contributed by atoms with Gasteiger partial charge in [0, 0.05) is 36.9 Å².